The first kappa shape index (κ1) is 21.1. The average molecular weight is 433 g/mol. The Bertz CT molecular complexity index is 860. The van der Waals surface area contributed by atoms with Crippen molar-refractivity contribution < 1.29 is 40.9 Å². The molecule has 0 aromatic heterocycles. The molecular formula is C20H17F6NO3. The molecule has 0 bridgehead atoms. The van der Waals surface area contributed by atoms with Crippen LogP contribution in [0.2, 0.25) is 0 Å². The summed E-state index contributed by atoms with van der Waals surface area (Å²) in [5.74, 6) is 0. The molecular weight excluding hydrogens is 416 g/mol. The van der Waals surface area contributed by atoms with Gasteiger partial charge in [0.25, 0.3) is 0 Å². The molecule has 2 aliphatic heterocycles. The Morgan fingerprint density at radius 2 is 1.20 bits per heavy atom. The predicted molar refractivity (Wildman–Crippen MR) is 91.9 cm³/mol. The number of fused-ring (bicyclic) bond motifs is 1. The van der Waals surface area contributed by atoms with Crippen molar-refractivity contribution in [2.75, 3.05) is 19.8 Å². The van der Waals surface area contributed by atoms with Crippen LogP contribution >= 0.6 is 0 Å². The van der Waals surface area contributed by atoms with Gasteiger partial charge in [0.05, 0.1) is 36.5 Å². The van der Waals surface area contributed by atoms with Crippen molar-refractivity contribution in [2.45, 2.75) is 30.3 Å². The van der Waals surface area contributed by atoms with Crippen LogP contribution in [0.3, 0.4) is 0 Å². The molecule has 2 heterocycles. The van der Waals surface area contributed by atoms with Gasteiger partial charge in [-0.1, -0.05) is 36.4 Å². The zero-order valence-corrected chi connectivity index (χ0v) is 15.4. The smallest absolute Gasteiger partial charge is 0.394 e. The number of aliphatic hydroxyl groups is 1. The molecule has 0 saturated carbocycles. The first-order valence-electron chi connectivity index (χ1n) is 9.03. The first-order chi connectivity index (χ1) is 14.1. The fourth-order valence-electron chi connectivity index (χ4n) is 4.03. The number of benzene rings is 2. The van der Waals surface area contributed by atoms with Gasteiger partial charge in [0.1, 0.15) is 12.5 Å². The van der Waals surface area contributed by atoms with Crippen molar-refractivity contribution in [1.29, 1.82) is 0 Å². The molecule has 10 heteroatoms. The van der Waals surface area contributed by atoms with Gasteiger partial charge in [-0.05, 0) is 12.1 Å². The monoisotopic (exact) mass is 433 g/mol. The van der Waals surface area contributed by atoms with Crippen LogP contribution in [-0.2, 0) is 21.8 Å². The van der Waals surface area contributed by atoms with E-state index in [0.29, 0.717) is 0 Å². The molecule has 0 radical (unpaired) electrons. The van der Waals surface area contributed by atoms with E-state index in [-0.39, 0.29) is 24.3 Å². The average Bonchev–Trinajstić information content (AvgIpc) is 3.24. The second kappa shape index (κ2) is 7.23. The van der Waals surface area contributed by atoms with Crippen molar-refractivity contribution in [3.8, 4) is 0 Å². The zero-order chi connectivity index (χ0) is 21.7. The molecule has 0 amide bonds. The molecule has 2 aromatic rings. The number of aliphatic hydroxyl groups excluding tert-OH is 1. The van der Waals surface area contributed by atoms with Gasteiger partial charge < -0.3 is 14.6 Å². The summed E-state index contributed by atoms with van der Waals surface area (Å²) >= 11 is 0. The Balaban J connectivity index is 1.83. The predicted octanol–water partition coefficient (Wildman–Crippen LogP) is 4.52. The van der Waals surface area contributed by atoms with Crippen LogP contribution in [0.5, 0.6) is 0 Å². The van der Waals surface area contributed by atoms with Gasteiger partial charge >= 0.3 is 12.4 Å². The van der Waals surface area contributed by atoms with Crippen molar-refractivity contribution >= 4 is 0 Å². The van der Waals surface area contributed by atoms with E-state index in [0.717, 1.165) is 12.1 Å². The quantitative estimate of drug-likeness (QED) is 0.724. The van der Waals surface area contributed by atoms with Gasteiger partial charge in [-0.15, -0.1) is 0 Å². The topological polar surface area (TPSA) is 41.9 Å². The molecule has 2 fully saturated rings. The minimum Gasteiger partial charge on any atom is -0.394 e. The van der Waals surface area contributed by atoms with Crippen LogP contribution in [0.15, 0.2) is 48.5 Å². The van der Waals surface area contributed by atoms with Crippen molar-refractivity contribution in [1.82, 2.24) is 4.90 Å². The van der Waals surface area contributed by atoms with E-state index in [1.807, 2.05) is 0 Å². The van der Waals surface area contributed by atoms with Crippen LogP contribution in [0.4, 0.5) is 26.3 Å². The Morgan fingerprint density at radius 3 is 1.57 bits per heavy atom. The Hall–Kier alpha value is -2.14. The summed E-state index contributed by atoms with van der Waals surface area (Å²) in [4.78, 5) is 1.28. The van der Waals surface area contributed by atoms with E-state index < -0.39 is 48.1 Å². The lowest BCUT2D eigenvalue weighted by Gasteiger charge is -2.34. The van der Waals surface area contributed by atoms with Gasteiger partial charge in [0.15, 0.2) is 0 Å². The summed E-state index contributed by atoms with van der Waals surface area (Å²) in [6.07, 6.45) is -12.1. The Labute approximate surface area is 167 Å². The van der Waals surface area contributed by atoms with Gasteiger partial charge in [0, 0.05) is 11.1 Å². The third-order valence-electron chi connectivity index (χ3n) is 5.43. The number of rotatable bonds is 3. The SMILES string of the molecule is OCC12CO[C@H](c3ccccc3C(F)(F)F)N1[C@H](c1ccccc1C(F)(F)F)OC2. The maximum Gasteiger partial charge on any atom is 0.416 e. The molecule has 2 aliphatic rings. The summed E-state index contributed by atoms with van der Waals surface area (Å²) in [5.41, 5.74) is -3.68. The summed E-state index contributed by atoms with van der Waals surface area (Å²) in [5, 5.41) is 9.97. The van der Waals surface area contributed by atoms with E-state index in [1.165, 1.54) is 41.3 Å². The van der Waals surface area contributed by atoms with Gasteiger partial charge in [-0.2, -0.15) is 26.3 Å². The number of hydrogen-bond acceptors (Lipinski definition) is 4. The molecule has 162 valence electrons. The summed E-state index contributed by atoms with van der Waals surface area (Å²) < 4.78 is 92.6. The fraction of sp³-hybridized carbons (Fsp3) is 0.400. The Morgan fingerprint density at radius 1 is 0.800 bits per heavy atom. The van der Waals surface area contributed by atoms with E-state index >= 15 is 0 Å². The van der Waals surface area contributed by atoms with Crippen molar-refractivity contribution in [3.05, 3.63) is 70.8 Å². The van der Waals surface area contributed by atoms with E-state index in [4.69, 9.17) is 9.47 Å². The molecule has 2 aromatic carbocycles. The molecule has 0 spiro atoms. The highest BCUT2D eigenvalue weighted by Crippen LogP contribution is 2.52. The lowest BCUT2D eigenvalue weighted by atomic mass is 9.98. The molecule has 4 nitrogen and oxygen atoms in total. The normalized spacial score (nSPS) is 27.4. The summed E-state index contributed by atoms with van der Waals surface area (Å²) in [6, 6.07) is 9.42. The number of hydrogen-bond donors (Lipinski definition) is 1. The standard InChI is InChI=1S/C20H17F6NO3/c21-19(22,23)14-7-3-1-5-12(14)16-27-17(30-11-18(27,9-28)10-29-16)13-6-2-4-8-15(13)20(24,25)26/h1-8,16-17,28H,9-11H2/t16-,17+,18?. The number of halogens is 6. The van der Waals surface area contributed by atoms with Gasteiger partial charge in [0.2, 0.25) is 0 Å². The number of nitrogens with zero attached hydrogens (tertiary/aromatic N) is 1. The third kappa shape index (κ3) is 3.37. The molecule has 1 N–H and O–H groups in total. The lowest BCUT2D eigenvalue weighted by Crippen LogP contribution is -2.48. The van der Waals surface area contributed by atoms with E-state index in [2.05, 4.69) is 0 Å². The highest BCUT2D eigenvalue weighted by atomic mass is 19.4. The van der Waals surface area contributed by atoms with Crippen LogP contribution < -0.4 is 0 Å². The van der Waals surface area contributed by atoms with E-state index in [9.17, 15) is 31.4 Å². The molecule has 4 rings (SSSR count). The number of ether oxygens (including phenoxy) is 2. The van der Waals surface area contributed by atoms with Crippen LogP contribution in [0, 0.1) is 0 Å². The van der Waals surface area contributed by atoms with Crippen LogP contribution in [0.1, 0.15) is 34.7 Å². The lowest BCUT2D eigenvalue weighted by molar-refractivity contribution is -0.143. The van der Waals surface area contributed by atoms with Gasteiger partial charge in [-0.25, -0.2) is 4.90 Å². The largest absolute Gasteiger partial charge is 0.416 e. The third-order valence-corrected chi connectivity index (χ3v) is 5.43. The molecule has 2 saturated heterocycles. The molecule has 1 unspecified atom stereocenters. The second-order valence-corrected chi connectivity index (χ2v) is 7.29. The van der Waals surface area contributed by atoms with Crippen LogP contribution in [-0.4, -0.2) is 35.4 Å². The zero-order valence-electron chi connectivity index (χ0n) is 15.4. The second-order valence-electron chi connectivity index (χ2n) is 7.29. The number of alkyl halides is 6. The molecule has 3 atom stereocenters. The maximum absolute atomic E-state index is 13.6. The fourth-order valence-corrected chi connectivity index (χ4v) is 4.03. The maximum atomic E-state index is 13.6. The molecule has 0 aliphatic carbocycles. The van der Waals surface area contributed by atoms with Gasteiger partial charge in [-0.3, -0.25) is 0 Å². The van der Waals surface area contributed by atoms with Crippen molar-refractivity contribution in [2.24, 2.45) is 0 Å². The summed E-state index contributed by atoms with van der Waals surface area (Å²) in [7, 11) is 0. The van der Waals surface area contributed by atoms with Crippen molar-refractivity contribution in [3.63, 3.8) is 0 Å². The molecule has 30 heavy (non-hydrogen) atoms. The highest BCUT2D eigenvalue weighted by Gasteiger charge is 2.58. The Kier molecular flexibility index (Phi) is 5.08. The first-order valence-corrected chi connectivity index (χ1v) is 9.03. The summed E-state index contributed by atoms with van der Waals surface area (Å²) in [6.45, 7) is -0.932. The van der Waals surface area contributed by atoms with Crippen LogP contribution in [0.25, 0.3) is 0 Å². The van der Waals surface area contributed by atoms with E-state index in [1.54, 1.807) is 0 Å². The highest BCUT2D eigenvalue weighted by molar-refractivity contribution is 5.36. The minimum atomic E-state index is -4.69. The minimum absolute atomic E-state index is 0.189.